The third-order valence-electron chi connectivity index (χ3n) is 2.45. The number of nitro benzene ring substituents is 1. The first-order chi connectivity index (χ1) is 10.1. The van der Waals surface area contributed by atoms with Crippen LogP contribution in [0.4, 0.5) is 22.0 Å². The second kappa shape index (κ2) is 6.28. The first-order valence-corrected chi connectivity index (χ1v) is 5.76. The Morgan fingerprint density at radius 2 is 2.14 bits per heavy atom. The minimum absolute atomic E-state index is 0.161. The summed E-state index contributed by atoms with van der Waals surface area (Å²) >= 11 is 0. The summed E-state index contributed by atoms with van der Waals surface area (Å²) in [5, 5.41) is 15.6. The largest absolute Gasteiger partial charge is 0.495 e. The molecule has 0 fully saturated rings. The van der Waals surface area contributed by atoms with Crippen molar-refractivity contribution in [1.29, 1.82) is 0 Å². The molecular formula is C12H11N5O4. The van der Waals surface area contributed by atoms with Crippen molar-refractivity contribution >= 4 is 23.2 Å². The van der Waals surface area contributed by atoms with Crippen LogP contribution >= 0.6 is 0 Å². The maximum atomic E-state index is 11.8. The van der Waals surface area contributed by atoms with Crippen LogP contribution in [0.3, 0.4) is 0 Å². The van der Waals surface area contributed by atoms with Crippen LogP contribution in [0.25, 0.3) is 0 Å². The monoisotopic (exact) mass is 289 g/mol. The zero-order valence-electron chi connectivity index (χ0n) is 10.9. The maximum absolute atomic E-state index is 11.8. The SMILES string of the molecule is COc1ccc([N+](=O)[O-])cc1NC(=O)Nc1cnccn1. The van der Waals surface area contributed by atoms with Crippen LogP contribution in [-0.4, -0.2) is 28.0 Å². The molecule has 2 aromatic rings. The molecule has 108 valence electrons. The van der Waals surface area contributed by atoms with E-state index in [2.05, 4.69) is 20.6 Å². The van der Waals surface area contributed by atoms with E-state index in [0.29, 0.717) is 5.75 Å². The van der Waals surface area contributed by atoms with Crippen LogP contribution < -0.4 is 15.4 Å². The van der Waals surface area contributed by atoms with Gasteiger partial charge in [-0.2, -0.15) is 0 Å². The minimum atomic E-state index is -0.616. The first kappa shape index (κ1) is 14.2. The lowest BCUT2D eigenvalue weighted by Crippen LogP contribution is -2.20. The molecule has 0 radical (unpaired) electrons. The van der Waals surface area contributed by atoms with Gasteiger partial charge in [-0.3, -0.25) is 20.4 Å². The third-order valence-corrected chi connectivity index (χ3v) is 2.45. The van der Waals surface area contributed by atoms with Crippen molar-refractivity contribution in [1.82, 2.24) is 9.97 Å². The first-order valence-electron chi connectivity index (χ1n) is 5.76. The molecule has 21 heavy (non-hydrogen) atoms. The van der Waals surface area contributed by atoms with Gasteiger partial charge in [-0.1, -0.05) is 0 Å². The van der Waals surface area contributed by atoms with Crippen molar-refractivity contribution in [2.75, 3.05) is 17.7 Å². The van der Waals surface area contributed by atoms with E-state index in [1.54, 1.807) is 0 Å². The zero-order valence-corrected chi connectivity index (χ0v) is 10.9. The summed E-state index contributed by atoms with van der Waals surface area (Å²) in [4.78, 5) is 29.7. The normalized spacial score (nSPS) is 9.76. The Morgan fingerprint density at radius 3 is 2.76 bits per heavy atom. The lowest BCUT2D eigenvalue weighted by atomic mass is 10.2. The Labute approximate surface area is 119 Å². The number of anilines is 2. The van der Waals surface area contributed by atoms with E-state index in [-0.39, 0.29) is 17.2 Å². The minimum Gasteiger partial charge on any atom is -0.495 e. The van der Waals surface area contributed by atoms with Crippen molar-refractivity contribution in [2.24, 2.45) is 0 Å². The summed E-state index contributed by atoms with van der Waals surface area (Å²) in [6, 6.07) is 3.27. The number of methoxy groups -OCH3 is 1. The Balaban J connectivity index is 2.16. The Hall–Kier alpha value is -3.23. The molecule has 0 bridgehead atoms. The second-order valence-electron chi connectivity index (χ2n) is 3.81. The Morgan fingerprint density at radius 1 is 1.33 bits per heavy atom. The molecule has 9 heteroatoms. The van der Waals surface area contributed by atoms with Gasteiger partial charge in [-0.25, -0.2) is 9.78 Å². The van der Waals surface area contributed by atoms with E-state index >= 15 is 0 Å². The fourth-order valence-corrected chi connectivity index (χ4v) is 1.54. The van der Waals surface area contributed by atoms with Gasteiger partial charge in [0.1, 0.15) is 5.75 Å². The number of hydrogen-bond acceptors (Lipinski definition) is 6. The number of carbonyl (C=O) groups is 1. The topological polar surface area (TPSA) is 119 Å². The smallest absolute Gasteiger partial charge is 0.325 e. The Kier molecular flexibility index (Phi) is 4.24. The van der Waals surface area contributed by atoms with Crippen molar-refractivity contribution in [3.8, 4) is 5.75 Å². The van der Waals surface area contributed by atoms with E-state index in [1.165, 1.54) is 43.9 Å². The number of non-ortho nitro benzene ring substituents is 1. The van der Waals surface area contributed by atoms with E-state index in [9.17, 15) is 14.9 Å². The highest BCUT2D eigenvalue weighted by molar-refractivity contribution is 6.00. The highest BCUT2D eigenvalue weighted by Gasteiger charge is 2.13. The summed E-state index contributed by atoms with van der Waals surface area (Å²) in [5.41, 5.74) is 0.0127. The van der Waals surface area contributed by atoms with E-state index in [1.807, 2.05) is 0 Å². The summed E-state index contributed by atoms with van der Waals surface area (Å²) in [5.74, 6) is 0.550. The van der Waals surface area contributed by atoms with Gasteiger partial charge in [0, 0.05) is 24.5 Å². The molecule has 2 rings (SSSR count). The molecule has 0 saturated heterocycles. The number of aromatic nitrogens is 2. The molecular weight excluding hydrogens is 278 g/mol. The van der Waals surface area contributed by atoms with Crippen LogP contribution in [-0.2, 0) is 0 Å². The Bertz CT molecular complexity index is 662. The average Bonchev–Trinajstić information content (AvgIpc) is 2.48. The molecule has 1 aromatic carbocycles. The van der Waals surface area contributed by atoms with Gasteiger partial charge >= 0.3 is 6.03 Å². The number of rotatable bonds is 4. The lowest BCUT2D eigenvalue weighted by Gasteiger charge is -2.10. The van der Waals surface area contributed by atoms with Crippen LogP contribution in [0.5, 0.6) is 5.75 Å². The summed E-state index contributed by atoms with van der Waals surface area (Å²) in [6.07, 6.45) is 4.25. The number of ether oxygens (including phenoxy) is 1. The summed E-state index contributed by atoms with van der Waals surface area (Å²) < 4.78 is 5.04. The third kappa shape index (κ3) is 3.62. The number of benzene rings is 1. The molecule has 0 atom stereocenters. The van der Waals surface area contributed by atoms with E-state index in [0.717, 1.165) is 0 Å². The lowest BCUT2D eigenvalue weighted by molar-refractivity contribution is -0.384. The molecule has 0 saturated carbocycles. The van der Waals surface area contributed by atoms with E-state index in [4.69, 9.17) is 4.74 Å². The number of amides is 2. The van der Waals surface area contributed by atoms with Crippen LogP contribution in [0.15, 0.2) is 36.8 Å². The van der Waals surface area contributed by atoms with Crippen molar-refractivity contribution in [2.45, 2.75) is 0 Å². The molecule has 0 aliphatic rings. The number of nitrogens with one attached hydrogen (secondary N) is 2. The fraction of sp³-hybridized carbons (Fsp3) is 0.0833. The number of carbonyl (C=O) groups excluding carboxylic acids is 1. The standard InChI is InChI=1S/C12H11N5O4/c1-21-10-3-2-8(17(19)20)6-9(10)15-12(18)16-11-7-13-4-5-14-11/h2-7H,1H3,(H2,14,15,16,18). The predicted octanol–water partition coefficient (Wildman–Crippen LogP) is 2.04. The highest BCUT2D eigenvalue weighted by atomic mass is 16.6. The average molecular weight is 289 g/mol. The van der Waals surface area contributed by atoms with Gasteiger partial charge < -0.3 is 10.1 Å². The summed E-state index contributed by atoms with van der Waals surface area (Å²) in [7, 11) is 1.40. The molecule has 1 heterocycles. The molecule has 2 N–H and O–H groups in total. The van der Waals surface area contributed by atoms with Gasteiger partial charge in [0.2, 0.25) is 0 Å². The number of nitro groups is 1. The highest BCUT2D eigenvalue weighted by Crippen LogP contribution is 2.28. The quantitative estimate of drug-likeness (QED) is 0.656. The van der Waals surface area contributed by atoms with Crippen LogP contribution in [0.2, 0.25) is 0 Å². The van der Waals surface area contributed by atoms with Crippen molar-refractivity contribution in [3.63, 3.8) is 0 Å². The molecule has 0 spiro atoms. The van der Waals surface area contributed by atoms with Crippen LogP contribution in [0.1, 0.15) is 0 Å². The molecule has 0 unspecified atom stereocenters. The number of nitrogens with zero attached hydrogens (tertiary/aromatic N) is 3. The molecule has 9 nitrogen and oxygen atoms in total. The van der Waals surface area contributed by atoms with E-state index < -0.39 is 11.0 Å². The van der Waals surface area contributed by atoms with Crippen molar-refractivity contribution in [3.05, 3.63) is 46.9 Å². The zero-order chi connectivity index (χ0) is 15.2. The van der Waals surface area contributed by atoms with Crippen molar-refractivity contribution < 1.29 is 14.5 Å². The second-order valence-corrected chi connectivity index (χ2v) is 3.81. The maximum Gasteiger partial charge on any atom is 0.325 e. The van der Waals surface area contributed by atoms with Gasteiger partial charge in [0.25, 0.3) is 5.69 Å². The molecule has 0 aliphatic heterocycles. The van der Waals surface area contributed by atoms with Gasteiger partial charge in [-0.15, -0.1) is 0 Å². The molecule has 1 aromatic heterocycles. The van der Waals surface area contributed by atoms with Gasteiger partial charge in [-0.05, 0) is 6.07 Å². The summed E-state index contributed by atoms with van der Waals surface area (Å²) in [6.45, 7) is 0. The number of hydrogen-bond donors (Lipinski definition) is 2. The fourth-order valence-electron chi connectivity index (χ4n) is 1.54. The van der Waals surface area contributed by atoms with Crippen LogP contribution in [0, 0.1) is 10.1 Å². The van der Waals surface area contributed by atoms with Gasteiger partial charge in [0.15, 0.2) is 5.82 Å². The van der Waals surface area contributed by atoms with Gasteiger partial charge in [0.05, 0.1) is 23.9 Å². The molecule has 2 amide bonds. The number of urea groups is 1. The predicted molar refractivity (Wildman–Crippen MR) is 74.3 cm³/mol. The molecule has 0 aliphatic carbocycles.